The average Bonchev–Trinajstić information content (AvgIpc) is 2.29. The molecule has 2 unspecified atom stereocenters. The quantitative estimate of drug-likeness (QED) is 0.786. The Hall–Kier alpha value is -0.880. The molecule has 0 bridgehead atoms. The first kappa shape index (κ1) is 11.2. The van der Waals surface area contributed by atoms with E-state index in [1.165, 1.54) is 0 Å². The van der Waals surface area contributed by atoms with E-state index < -0.39 is 10.8 Å². The first-order valence-corrected chi connectivity index (χ1v) is 7.65. The third-order valence-electron chi connectivity index (χ3n) is 3.11. The lowest BCUT2D eigenvalue weighted by Crippen LogP contribution is -2.55. The number of carbonyl (C=O) groups excluding carboxylic acids is 1. The van der Waals surface area contributed by atoms with Crippen molar-refractivity contribution in [1.29, 1.82) is 0 Å². The van der Waals surface area contributed by atoms with E-state index >= 15 is 0 Å². The van der Waals surface area contributed by atoms with E-state index in [1.807, 2.05) is 18.2 Å². The number of carbonyl (C=O) groups is 1. The molecule has 0 spiro atoms. The standard InChI is InChI=1S/C11H11BrN2O2S/c12-7-1-2-9-8(5-7)13-11(15)10-6-17(16)4-3-14(9)10/h1-2,5,10H,3-4,6H2,(H,13,15). The van der Waals surface area contributed by atoms with Crippen LogP contribution in [0, 0.1) is 0 Å². The van der Waals surface area contributed by atoms with E-state index in [0.29, 0.717) is 18.1 Å². The topological polar surface area (TPSA) is 49.4 Å². The van der Waals surface area contributed by atoms with Crippen molar-refractivity contribution in [2.45, 2.75) is 6.04 Å². The number of benzene rings is 1. The van der Waals surface area contributed by atoms with Crippen LogP contribution in [-0.2, 0) is 15.6 Å². The molecular formula is C11H11BrN2O2S. The lowest BCUT2D eigenvalue weighted by molar-refractivity contribution is -0.117. The Morgan fingerprint density at radius 2 is 2.29 bits per heavy atom. The number of nitrogens with one attached hydrogen (secondary N) is 1. The van der Waals surface area contributed by atoms with Crippen LogP contribution in [0.1, 0.15) is 0 Å². The van der Waals surface area contributed by atoms with Gasteiger partial charge < -0.3 is 10.2 Å². The maximum Gasteiger partial charge on any atom is 0.248 e. The highest BCUT2D eigenvalue weighted by molar-refractivity contribution is 9.10. The molecule has 1 fully saturated rings. The second-order valence-corrected chi connectivity index (χ2v) is 6.71. The van der Waals surface area contributed by atoms with E-state index in [4.69, 9.17) is 0 Å². The Bertz CT molecular complexity index is 520. The molecule has 1 N–H and O–H groups in total. The first-order valence-electron chi connectivity index (χ1n) is 5.37. The third kappa shape index (κ3) is 1.89. The third-order valence-corrected chi connectivity index (χ3v) is 4.93. The lowest BCUT2D eigenvalue weighted by atomic mass is 10.1. The predicted molar refractivity (Wildman–Crippen MR) is 71.8 cm³/mol. The summed E-state index contributed by atoms with van der Waals surface area (Å²) in [5.74, 6) is 1.02. The van der Waals surface area contributed by atoms with Crippen LogP contribution in [0.4, 0.5) is 11.4 Å². The van der Waals surface area contributed by atoms with Gasteiger partial charge in [-0.1, -0.05) is 15.9 Å². The van der Waals surface area contributed by atoms with Gasteiger partial charge in [0.05, 0.1) is 17.1 Å². The molecule has 2 aliphatic heterocycles. The van der Waals surface area contributed by atoms with Gasteiger partial charge in [-0.05, 0) is 18.2 Å². The first-order chi connectivity index (χ1) is 8.15. The molecule has 6 heteroatoms. The van der Waals surface area contributed by atoms with Gasteiger partial charge in [0, 0.05) is 27.6 Å². The van der Waals surface area contributed by atoms with E-state index in [1.54, 1.807) is 0 Å². The molecule has 3 rings (SSSR count). The highest BCUT2D eigenvalue weighted by Crippen LogP contribution is 2.35. The number of halogens is 1. The fourth-order valence-electron chi connectivity index (χ4n) is 2.29. The van der Waals surface area contributed by atoms with Gasteiger partial charge in [0.1, 0.15) is 6.04 Å². The number of amides is 1. The van der Waals surface area contributed by atoms with Gasteiger partial charge in [0.2, 0.25) is 5.91 Å². The minimum Gasteiger partial charge on any atom is -0.356 e. The van der Waals surface area contributed by atoms with Gasteiger partial charge in [-0.25, -0.2) is 0 Å². The number of nitrogens with zero attached hydrogens (tertiary/aromatic N) is 1. The molecule has 2 heterocycles. The van der Waals surface area contributed by atoms with Gasteiger partial charge >= 0.3 is 0 Å². The van der Waals surface area contributed by atoms with Crippen molar-refractivity contribution in [2.24, 2.45) is 0 Å². The Balaban J connectivity index is 2.05. The van der Waals surface area contributed by atoms with Crippen molar-refractivity contribution in [3.05, 3.63) is 22.7 Å². The molecule has 4 nitrogen and oxygen atoms in total. The normalized spacial score (nSPS) is 27.1. The van der Waals surface area contributed by atoms with Crippen molar-refractivity contribution in [3.8, 4) is 0 Å². The molecule has 90 valence electrons. The summed E-state index contributed by atoms with van der Waals surface area (Å²) in [4.78, 5) is 14.0. The van der Waals surface area contributed by atoms with Crippen LogP contribution in [0.2, 0.25) is 0 Å². The lowest BCUT2D eigenvalue weighted by Gasteiger charge is -2.40. The van der Waals surface area contributed by atoms with Crippen LogP contribution in [-0.4, -0.2) is 34.2 Å². The van der Waals surface area contributed by atoms with Crippen molar-refractivity contribution in [2.75, 3.05) is 28.3 Å². The van der Waals surface area contributed by atoms with Crippen molar-refractivity contribution >= 4 is 44.0 Å². The van der Waals surface area contributed by atoms with Crippen molar-refractivity contribution in [3.63, 3.8) is 0 Å². The molecule has 0 radical (unpaired) electrons. The Morgan fingerprint density at radius 1 is 1.47 bits per heavy atom. The molecule has 2 aliphatic rings. The summed E-state index contributed by atoms with van der Waals surface area (Å²) in [7, 11) is -0.872. The van der Waals surface area contributed by atoms with Crippen LogP contribution in [0.3, 0.4) is 0 Å². The van der Waals surface area contributed by atoms with Crippen LogP contribution in [0.5, 0.6) is 0 Å². The Morgan fingerprint density at radius 3 is 3.12 bits per heavy atom. The van der Waals surface area contributed by atoms with Crippen molar-refractivity contribution in [1.82, 2.24) is 0 Å². The van der Waals surface area contributed by atoms with Gasteiger partial charge in [0.15, 0.2) is 0 Å². The zero-order valence-corrected chi connectivity index (χ0v) is 11.4. The monoisotopic (exact) mass is 314 g/mol. The summed E-state index contributed by atoms with van der Waals surface area (Å²) >= 11 is 3.39. The van der Waals surface area contributed by atoms with E-state index in [-0.39, 0.29) is 11.9 Å². The molecule has 0 aliphatic carbocycles. The smallest absolute Gasteiger partial charge is 0.248 e. The number of rotatable bonds is 0. The maximum absolute atomic E-state index is 11.9. The van der Waals surface area contributed by atoms with Crippen LogP contribution < -0.4 is 10.2 Å². The average molecular weight is 315 g/mol. The maximum atomic E-state index is 11.9. The highest BCUT2D eigenvalue weighted by Gasteiger charge is 2.36. The Kier molecular flexibility index (Phi) is 2.71. The number of hydrogen-bond acceptors (Lipinski definition) is 3. The summed E-state index contributed by atoms with van der Waals surface area (Å²) in [5.41, 5.74) is 1.85. The largest absolute Gasteiger partial charge is 0.356 e. The van der Waals surface area contributed by atoms with E-state index in [2.05, 4.69) is 26.1 Å². The molecule has 1 aromatic carbocycles. The molecule has 0 saturated carbocycles. The molecule has 0 aromatic heterocycles. The minimum absolute atomic E-state index is 0.0522. The summed E-state index contributed by atoms with van der Waals surface area (Å²) in [6.07, 6.45) is 0. The van der Waals surface area contributed by atoms with E-state index in [9.17, 15) is 9.00 Å². The van der Waals surface area contributed by atoms with Gasteiger partial charge in [0.25, 0.3) is 0 Å². The predicted octanol–water partition coefficient (Wildman–Crippen LogP) is 1.34. The van der Waals surface area contributed by atoms with Crippen LogP contribution in [0.15, 0.2) is 22.7 Å². The molecule has 17 heavy (non-hydrogen) atoms. The fourth-order valence-corrected chi connectivity index (χ4v) is 3.90. The molecule has 2 atom stereocenters. The van der Waals surface area contributed by atoms with Crippen LogP contribution in [0.25, 0.3) is 0 Å². The minimum atomic E-state index is -0.872. The molecule has 1 saturated heterocycles. The summed E-state index contributed by atoms with van der Waals surface area (Å²) in [6, 6.07) is 5.56. The van der Waals surface area contributed by atoms with E-state index in [0.717, 1.165) is 15.8 Å². The molecular weight excluding hydrogens is 304 g/mol. The summed E-state index contributed by atoms with van der Waals surface area (Å²) in [5, 5.41) is 2.88. The Labute approximate surface area is 110 Å². The number of anilines is 2. The highest BCUT2D eigenvalue weighted by atomic mass is 79.9. The van der Waals surface area contributed by atoms with Gasteiger partial charge in [-0.15, -0.1) is 0 Å². The zero-order chi connectivity index (χ0) is 12.0. The van der Waals surface area contributed by atoms with Crippen LogP contribution >= 0.6 is 15.9 Å². The summed E-state index contributed by atoms with van der Waals surface area (Å²) < 4.78 is 12.5. The second-order valence-electron chi connectivity index (χ2n) is 4.17. The fraction of sp³-hybridized carbons (Fsp3) is 0.364. The number of fused-ring (bicyclic) bond motifs is 3. The number of hydrogen-bond donors (Lipinski definition) is 1. The van der Waals surface area contributed by atoms with Gasteiger partial charge in [-0.3, -0.25) is 9.00 Å². The molecule has 1 aromatic rings. The van der Waals surface area contributed by atoms with Crippen molar-refractivity contribution < 1.29 is 9.00 Å². The SMILES string of the molecule is O=C1Nc2cc(Br)ccc2N2CCS(=O)CC12. The zero-order valence-electron chi connectivity index (χ0n) is 8.98. The summed E-state index contributed by atoms with van der Waals surface area (Å²) in [6.45, 7) is 0.680. The van der Waals surface area contributed by atoms with Gasteiger partial charge in [-0.2, -0.15) is 0 Å². The second kappa shape index (κ2) is 4.10. The molecule has 1 amide bonds.